The van der Waals surface area contributed by atoms with Crippen molar-refractivity contribution in [1.82, 2.24) is 0 Å². The van der Waals surface area contributed by atoms with Crippen molar-refractivity contribution in [3.63, 3.8) is 0 Å². The summed E-state index contributed by atoms with van der Waals surface area (Å²) in [5, 5.41) is 2.61. The Labute approximate surface area is 396 Å². The largest absolute Gasteiger partial charge is 0.310 e. The second-order valence-electron chi connectivity index (χ2n) is 18.5. The maximum Gasteiger partial charge on any atom is 0.0742 e. The zero-order chi connectivity index (χ0) is 44.7. The number of benzene rings is 10. The van der Waals surface area contributed by atoms with Crippen LogP contribution in [0.25, 0.3) is 42.4 Å². The number of fused-ring (bicyclic) bond motifs is 8. The third kappa shape index (κ3) is 6.01. The van der Waals surface area contributed by atoms with E-state index in [4.69, 9.17) is 0 Å². The summed E-state index contributed by atoms with van der Waals surface area (Å²) in [7, 11) is 0. The van der Waals surface area contributed by atoms with E-state index in [9.17, 15) is 0 Å². The minimum atomic E-state index is -0.578. The van der Waals surface area contributed by atoms with E-state index >= 15 is 0 Å². The van der Waals surface area contributed by atoms with Gasteiger partial charge < -0.3 is 9.80 Å². The molecule has 318 valence electrons. The average Bonchev–Trinajstić information content (AvgIpc) is 3.87. The zero-order valence-corrected chi connectivity index (χ0v) is 38.2. The van der Waals surface area contributed by atoms with Gasteiger partial charge in [0.05, 0.1) is 16.8 Å². The molecule has 10 aromatic carbocycles. The molecule has 1 aliphatic carbocycles. The lowest BCUT2D eigenvalue weighted by Gasteiger charge is -2.46. The van der Waals surface area contributed by atoms with Crippen LogP contribution in [0, 0.1) is 0 Å². The van der Waals surface area contributed by atoms with E-state index in [0.717, 1.165) is 22.7 Å². The number of hydrogen-bond acceptors (Lipinski definition) is 3. The summed E-state index contributed by atoms with van der Waals surface area (Å²) in [6, 6.07) is 90.1. The van der Waals surface area contributed by atoms with Gasteiger partial charge in [-0.3, -0.25) is 0 Å². The highest BCUT2D eigenvalue weighted by Gasteiger charge is 2.46. The molecular weight excluding hydrogens is 829 g/mol. The Kier molecular flexibility index (Phi) is 9.00. The molecule has 0 saturated carbocycles. The molecule has 0 fully saturated rings. The molecule has 1 aromatic heterocycles. The van der Waals surface area contributed by atoms with Gasteiger partial charge in [0.15, 0.2) is 0 Å². The molecule has 2 heterocycles. The standard InChI is InChI=1S/C64H46N2S/c1-63(2)55-23-11-9-21-51(55)52-39-38-50(42-58(52)63)65(47-32-29-44(30-33-47)43-17-5-3-6-18-43)48-34-36-49(37-35-48)66-59-26-14-12-24-56(59)64(45-19-7-4-8-20-45,57-25-13-15-27-60(57)66)46-31-40-62-54(41-46)53-22-10-16-28-61(53)67-62/h3-42H,1-2H3. The summed E-state index contributed by atoms with van der Waals surface area (Å²) in [5.74, 6) is 0. The van der Waals surface area contributed by atoms with Gasteiger partial charge in [-0.25, -0.2) is 0 Å². The van der Waals surface area contributed by atoms with Gasteiger partial charge in [-0.2, -0.15) is 0 Å². The third-order valence-corrected chi connectivity index (χ3v) is 15.7. The molecule has 0 amide bonds. The number of thiophene rings is 1. The molecule has 0 atom stereocenters. The molecule has 0 N–H and O–H groups in total. The fourth-order valence-corrected chi connectivity index (χ4v) is 12.5. The molecule has 0 saturated heterocycles. The first-order chi connectivity index (χ1) is 33.0. The van der Waals surface area contributed by atoms with Crippen molar-refractivity contribution in [1.29, 1.82) is 0 Å². The van der Waals surface area contributed by atoms with Crippen LogP contribution in [0.1, 0.15) is 47.2 Å². The smallest absolute Gasteiger partial charge is 0.0742 e. The topological polar surface area (TPSA) is 6.48 Å². The first kappa shape index (κ1) is 39.4. The highest BCUT2D eigenvalue weighted by molar-refractivity contribution is 7.25. The molecular formula is C64H46N2S. The predicted octanol–water partition coefficient (Wildman–Crippen LogP) is 17.7. The quantitative estimate of drug-likeness (QED) is 0.157. The van der Waals surface area contributed by atoms with E-state index in [2.05, 4.69) is 266 Å². The molecule has 0 radical (unpaired) electrons. The molecule has 11 aromatic rings. The van der Waals surface area contributed by atoms with Gasteiger partial charge in [-0.15, -0.1) is 11.3 Å². The van der Waals surface area contributed by atoms with Crippen LogP contribution in [0.5, 0.6) is 0 Å². The Morgan fingerprint density at radius 3 is 1.63 bits per heavy atom. The zero-order valence-electron chi connectivity index (χ0n) is 37.4. The lowest BCUT2D eigenvalue weighted by atomic mass is 9.62. The summed E-state index contributed by atoms with van der Waals surface area (Å²) in [4.78, 5) is 4.89. The lowest BCUT2D eigenvalue weighted by Crippen LogP contribution is -2.37. The number of rotatable bonds is 7. The molecule has 67 heavy (non-hydrogen) atoms. The van der Waals surface area contributed by atoms with Crippen LogP contribution in [-0.4, -0.2) is 0 Å². The number of nitrogens with zero attached hydrogens (tertiary/aromatic N) is 2. The van der Waals surface area contributed by atoms with Crippen LogP contribution in [0.2, 0.25) is 0 Å². The van der Waals surface area contributed by atoms with Gasteiger partial charge >= 0.3 is 0 Å². The van der Waals surface area contributed by atoms with Crippen molar-refractivity contribution in [2.45, 2.75) is 24.7 Å². The molecule has 0 unspecified atom stereocenters. The van der Waals surface area contributed by atoms with E-state index in [1.165, 1.54) is 87.2 Å². The average molecular weight is 875 g/mol. The molecule has 0 spiro atoms. The van der Waals surface area contributed by atoms with E-state index in [1.807, 2.05) is 11.3 Å². The minimum Gasteiger partial charge on any atom is -0.310 e. The predicted molar refractivity (Wildman–Crippen MR) is 284 cm³/mol. The second kappa shape index (κ2) is 15.3. The summed E-state index contributed by atoms with van der Waals surface area (Å²) >= 11 is 1.87. The van der Waals surface area contributed by atoms with E-state index in [1.54, 1.807) is 0 Å². The fourth-order valence-electron chi connectivity index (χ4n) is 11.4. The molecule has 2 nitrogen and oxygen atoms in total. The summed E-state index contributed by atoms with van der Waals surface area (Å²) in [6.45, 7) is 4.72. The van der Waals surface area contributed by atoms with Crippen LogP contribution in [0.3, 0.4) is 0 Å². The number of para-hydroxylation sites is 2. The minimum absolute atomic E-state index is 0.123. The maximum atomic E-state index is 2.47. The van der Waals surface area contributed by atoms with Gasteiger partial charge in [0.2, 0.25) is 0 Å². The molecule has 1 aliphatic heterocycles. The van der Waals surface area contributed by atoms with E-state index < -0.39 is 5.41 Å². The fraction of sp³-hybridized carbons (Fsp3) is 0.0625. The SMILES string of the molecule is CC1(C)c2ccccc2-c2ccc(N(c3ccc(-c4ccccc4)cc3)c3ccc(N4c5ccccc5C(c5ccccc5)(c5ccc6sc7ccccc7c6c5)c5ccccc54)cc3)cc21. The highest BCUT2D eigenvalue weighted by Crippen LogP contribution is 2.58. The Morgan fingerprint density at radius 1 is 0.373 bits per heavy atom. The van der Waals surface area contributed by atoms with Crippen molar-refractivity contribution >= 4 is 65.6 Å². The first-order valence-electron chi connectivity index (χ1n) is 23.2. The number of hydrogen-bond donors (Lipinski definition) is 0. The summed E-state index contributed by atoms with van der Waals surface area (Å²) < 4.78 is 2.62. The molecule has 13 rings (SSSR count). The van der Waals surface area contributed by atoms with Gasteiger partial charge in [0.1, 0.15) is 0 Å². The monoisotopic (exact) mass is 874 g/mol. The highest BCUT2D eigenvalue weighted by atomic mass is 32.1. The van der Waals surface area contributed by atoms with Gasteiger partial charge in [0.25, 0.3) is 0 Å². The Morgan fingerprint density at radius 2 is 0.910 bits per heavy atom. The van der Waals surface area contributed by atoms with Crippen LogP contribution >= 0.6 is 11.3 Å². The van der Waals surface area contributed by atoms with Gasteiger partial charge in [0, 0.05) is 48.3 Å². The van der Waals surface area contributed by atoms with E-state index in [-0.39, 0.29) is 5.41 Å². The molecule has 3 heteroatoms. The van der Waals surface area contributed by atoms with Crippen LogP contribution in [-0.2, 0) is 10.8 Å². The van der Waals surface area contributed by atoms with Crippen molar-refractivity contribution in [2.24, 2.45) is 0 Å². The van der Waals surface area contributed by atoms with Crippen LogP contribution < -0.4 is 9.80 Å². The van der Waals surface area contributed by atoms with Crippen molar-refractivity contribution < 1.29 is 0 Å². The van der Waals surface area contributed by atoms with Gasteiger partial charge in [-0.1, -0.05) is 178 Å². The van der Waals surface area contributed by atoms with Crippen LogP contribution in [0.15, 0.2) is 243 Å². The Hall–Kier alpha value is -7.98. The van der Waals surface area contributed by atoms with Crippen molar-refractivity contribution in [3.05, 3.63) is 276 Å². The first-order valence-corrected chi connectivity index (χ1v) is 24.1. The Bertz CT molecular complexity index is 3610. The normalized spacial score (nSPS) is 14.0. The Balaban J connectivity index is 0.965. The van der Waals surface area contributed by atoms with Crippen LogP contribution in [0.4, 0.5) is 34.1 Å². The van der Waals surface area contributed by atoms with E-state index in [0.29, 0.717) is 0 Å². The van der Waals surface area contributed by atoms with Gasteiger partial charge in [-0.05, 0) is 134 Å². The third-order valence-electron chi connectivity index (χ3n) is 14.5. The summed E-state index contributed by atoms with van der Waals surface area (Å²) in [6.07, 6.45) is 0. The second-order valence-corrected chi connectivity index (χ2v) is 19.5. The van der Waals surface area contributed by atoms with Crippen molar-refractivity contribution in [3.8, 4) is 22.3 Å². The maximum absolute atomic E-state index is 2.47. The molecule has 2 aliphatic rings. The molecule has 0 bridgehead atoms. The lowest BCUT2D eigenvalue weighted by molar-refractivity contribution is 0.660. The number of anilines is 6. The van der Waals surface area contributed by atoms with Crippen molar-refractivity contribution in [2.75, 3.05) is 9.80 Å². The summed E-state index contributed by atoms with van der Waals surface area (Å²) in [5.41, 5.74) is 18.9.